The molecule has 0 radical (unpaired) electrons. The summed E-state index contributed by atoms with van der Waals surface area (Å²) in [5, 5.41) is 6.20. The Morgan fingerprint density at radius 3 is 2.71 bits per heavy atom. The Bertz CT molecular complexity index is 1010. The van der Waals surface area contributed by atoms with Gasteiger partial charge in [0.1, 0.15) is 5.65 Å². The fourth-order valence-corrected chi connectivity index (χ4v) is 4.57. The number of hydrogen-bond donors (Lipinski definition) is 1. The molecule has 28 heavy (non-hydrogen) atoms. The number of aromatic nitrogens is 4. The minimum absolute atomic E-state index is 0.343. The van der Waals surface area contributed by atoms with Gasteiger partial charge in [0.05, 0.1) is 37.6 Å². The molecule has 1 unspecified atom stereocenters. The van der Waals surface area contributed by atoms with Crippen LogP contribution in [0.1, 0.15) is 29.6 Å². The Labute approximate surface area is 163 Å². The molecule has 146 valence electrons. The predicted octanol–water partition coefficient (Wildman–Crippen LogP) is 2.49. The van der Waals surface area contributed by atoms with Gasteiger partial charge in [0, 0.05) is 54.7 Å². The molecular formula is C21H25N5O2. The van der Waals surface area contributed by atoms with Crippen LogP contribution in [0.15, 0.2) is 24.5 Å². The molecule has 1 atom stereocenters. The molecule has 1 N–H and O–H groups in total. The lowest BCUT2D eigenvalue weighted by Gasteiger charge is -2.47. The van der Waals surface area contributed by atoms with Crippen LogP contribution in [0.25, 0.3) is 22.3 Å². The number of fused-ring (bicyclic) bond motifs is 1. The van der Waals surface area contributed by atoms with Crippen LogP contribution in [-0.4, -0.2) is 70.2 Å². The molecule has 7 heteroatoms. The molecule has 3 aliphatic rings. The van der Waals surface area contributed by atoms with Crippen LogP contribution in [0.2, 0.25) is 0 Å². The Morgan fingerprint density at radius 1 is 1.11 bits per heavy atom. The van der Waals surface area contributed by atoms with Gasteiger partial charge >= 0.3 is 0 Å². The Balaban J connectivity index is 1.34. The van der Waals surface area contributed by atoms with Crippen molar-refractivity contribution in [3.63, 3.8) is 0 Å². The summed E-state index contributed by atoms with van der Waals surface area (Å²) in [6.07, 6.45) is 4.97. The highest BCUT2D eigenvalue weighted by Gasteiger charge is 2.39. The first-order valence-electron chi connectivity index (χ1n) is 10.2. The summed E-state index contributed by atoms with van der Waals surface area (Å²) >= 11 is 0. The van der Waals surface area contributed by atoms with E-state index in [2.05, 4.69) is 38.6 Å². The minimum Gasteiger partial charge on any atom is -0.379 e. The van der Waals surface area contributed by atoms with E-state index in [1.165, 1.54) is 11.3 Å². The predicted molar refractivity (Wildman–Crippen MR) is 105 cm³/mol. The fourth-order valence-electron chi connectivity index (χ4n) is 4.57. The van der Waals surface area contributed by atoms with Crippen LogP contribution >= 0.6 is 0 Å². The van der Waals surface area contributed by atoms with Crippen LogP contribution < -0.4 is 0 Å². The summed E-state index contributed by atoms with van der Waals surface area (Å²) in [4.78, 5) is 10.4. The van der Waals surface area contributed by atoms with Gasteiger partial charge in [-0.3, -0.25) is 9.58 Å². The van der Waals surface area contributed by atoms with Crippen LogP contribution in [-0.2, 0) is 9.47 Å². The van der Waals surface area contributed by atoms with E-state index in [1.54, 1.807) is 0 Å². The lowest BCUT2D eigenvalue weighted by atomic mass is 9.92. The van der Waals surface area contributed by atoms with Crippen molar-refractivity contribution in [2.45, 2.75) is 31.3 Å². The van der Waals surface area contributed by atoms with Crippen LogP contribution in [0.4, 0.5) is 0 Å². The summed E-state index contributed by atoms with van der Waals surface area (Å²) in [6.45, 7) is 7.66. The van der Waals surface area contributed by atoms with Gasteiger partial charge in [-0.15, -0.1) is 0 Å². The average Bonchev–Trinajstić information content (AvgIpc) is 3.35. The first kappa shape index (κ1) is 16.7. The van der Waals surface area contributed by atoms with E-state index in [1.807, 2.05) is 12.4 Å². The van der Waals surface area contributed by atoms with Crippen molar-refractivity contribution < 1.29 is 9.47 Å². The molecule has 0 bridgehead atoms. The molecule has 3 aliphatic heterocycles. The molecule has 0 amide bonds. The van der Waals surface area contributed by atoms with Crippen molar-refractivity contribution in [1.82, 2.24) is 24.6 Å². The van der Waals surface area contributed by atoms with Gasteiger partial charge in [-0.2, -0.15) is 5.10 Å². The second kappa shape index (κ2) is 6.40. The molecule has 0 spiro atoms. The number of aromatic amines is 1. The molecular weight excluding hydrogens is 354 g/mol. The van der Waals surface area contributed by atoms with Gasteiger partial charge in [-0.25, -0.2) is 4.98 Å². The number of H-pyrrole nitrogens is 1. The van der Waals surface area contributed by atoms with Crippen molar-refractivity contribution in [2.75, 3.05) is 39.5 Å². The van der Waals surface area contributed by atoms with Crippen molar-refractivity contribution in [3.05, 3.63) is 35.8 Å². The van der Waals surface area contributed by atoms with Crippen molar-refractivity contribution in [1.29, 1.82) is 0 Å². The van der Waals surface area contributed by atoms with Gasteiger partial charge in [0.15, 0.2) is 0 Å². The van der Waals surface area contributed by atoms with E-state index >= 15 is 0 Å². The van der Waals surface area contributed by atoms with E-state index in [0.717, 1.165) is 68.2 Å². The lowest BCUT2D eigenvalue weighted by molar-refractivity contribution is -0.0914. The van der Waals surface area contributed by atoms with Crippen LogP contribution in [0.3, 0.4) is 0 Å². The molecule has 6 rings (SSSR count). The number of nitrogens with one attached hydrogen (secondary N) is 1. The number of pyridine rings is 1. The van der Waals surface area contributed by atoms with Gasteiger partial charge in [0.2, 0.25) is 0 Å². The monoisotopic (exact) mass is 379 g/mol. The summed E-state index contributed by atoms with van der Waals surface area (Å²) in [6, 6.07) is 5.44. The standard InChI is InChI=1S/C21H25N5O2/c1-13-6-22-21-18(13)4-14(7-23-21)19-5-20(26(24-19)16-2-3-27-10-16)15-8-25(9-15)17-11-28-12-17/h4-7,15-17H,2-3,8-12H2,1H3,(H,22,23). The molecule has 3 aromatic heterocycles. The normalized spacial score (nSPS) is 24.0. The first-order valence-corrected chi connectivity index (χ1v) is 10.2. The molecule has 3 fully saturated rings. The minimum atomic E-state index is 0.343. The van der Waals surface area contributed by atoms with E-state index in [4.69, 9.17) is 14.6 Å². The maximum Gasteiger partial charge on any atom is 0.137 e. The Morgan fingerprint density at radius 2 is 1.96 bits per heavy atom. The third-order valence-electron chi connectivity index (χ3n) is 6.51. The van der Waals surface area contributed by atoms with Crippen molar-refractivity contribution >= 4 is 11.0 Å². The van der Waals surface area contributed by atoms with Gasteiger partial charge in [0.25, 0.3) is 0 Å². The second-order valence-corrected chi connectivity index (χ2v) is 8.35. The van der Waals surface area contributed by atoms with Gasteiger partial charge in [-0.05, 0) is 31.0 Å². The molecule has 0 aromatic carbocycles. The molecule has 6 heterocycles. The summed E-state index contributed by atoms with van der Waals surface area (Å²) in [5.74, 6) is 0.535. The zero-order chi connectivity index (χ0) is 18.7. The maximum atomic E-state index is 5.66. The third-order valence-corrected chi connectivity index (χ3v) is 6.51. The third kappa shape index (κ3) is 2.61. The van der Waals surface area contributed by atoms with E-state index in [0.29, 0.717) is 18.0 Å². The maximum absolute atomic E-state index is 5.66. The zero-order valence-electron chi connectivity index (χ0n) is 16.1. The van der Waals surface area contributed by atoms with Crippen molar-refractivity contribution in [2.24, 2.45) is 0 Å². The van der Waals surface area contributed by atoms with Crippen LogP contribution in [0.5, 0.6) is 0 Å². The molecule has 0 saturated carbocycles. The molecule has 3 aromatic rings. The SMILES string of the molecule is Cc1c[nH]c2ncc(-c3cc(C4CN(C5COC5)C4)n(C4CCOC4)n3)cc12. The highest BCUT2D eigenvalue weighted by Crippen LogP contribution is 2.36. The lowest BCUT2D eigenvalue weighted by Crippen LogP contribution is -2.58. The summed E-state index contributed by atoms with van der Waals surface area (Å²) < 4.78 is 13.3. The van der Waals surface area contributed by atoms with Crippen molar-refractivity contribution in [3.8, 4) is 11.3 Å². The quantitative estimate of drug-likeness (QED) is 0.754. The molecule has 7 nitrogen and oxygen atoms in total. The van der Waals surface area contributed by atoms with Gasteiger partial charge in [-0.1, -0.05) is 0 Å². The number of rotatable bonds is 4. The number of aryl methyl sites for hydroxylation is 1. The smallest absolute Gasteiger partial charge is 0.137 e. The first-order chi connectivity index (χ1) is 13.8. The van der Waals surface area contributed by atoms with Gasteiger partial charge < -0.3 is 14.5 Å². The Kier molecular flexibility index (Phi) is 3.82. The zero-order valence-corrected chi connectivity index (χ0v) is 16.1. The van der Waals surface area contributed by atoms with E-state index in [9.17, 15) is 0 Å². The fraction of sp³-hybridized carbons (Fsp3) is 0.524. The highest BCUT2D eigenvalue weighted by atomic mass is 16.5. The number of likely N-dealkylation sites (tertiary alicyclic amines) is 1. The number of ether oxygens (including phenoxy) is 2. The Hall–Kier alpha value is -2.22. The highest BCUT2D eigenvalue weighted by molar-refractivity contribution is 5.83. The van der Waals surface area contributed by atoms with E-state index < -0.39 is 0 Å². The summed E-state index contributed by atoms with van der Waals surface area (Å²) in [5.41, 5.74) is 5.58. The summed E-state index contributed by atoms with van der Waals surface area (Å²) in [7, 11) is 0. The van der Waals surface area contributed by atoms with Crippen LogP contribution in [0, 0.1) is 6.92 Å². The second-order valence-electron chi connectivity index (χ2n) is 8.35. The number of hydrogen-bond acceptors (Lipinski definition) is 5. The topological polar surface area (TPSA) is 68.2 Å². The largest absolute Gasteiger partial charge is 0.379 e. The average molecular weight is 379 g/mol. The molecule has 0 aliphatic carbocycles. The molecule has 3 saturated heterocycles. The number of nitrogens with zero attached hydrogens (tertiary/aromatic N) is 4. The van der Waals surface area contributed by atoms with E-state index in [-0.39, 0.29) is 0 Å².